The maximum atomic E-state index is 5.89. The number of aromatic nitrogens is 1. The number of methoxy groups -OCH3 is 2. The molecule has 4 aromatic carbocycles. The summed E-state index contributed by atoms with van der Waals surface area (Å²) in [6, 6.07) is 31.4. The molecular weight excluding hydrogens is 418 g/mol. The highest BCUT2D eigenvalue weighted by Crippen LogP contribution is 2.43. The number of pyridine rings is 1. The van der Waals surface area contributed by atoms with E-state index in [0.29, 0.717) is 0 Å². The zero-order valence-electron chi connectivity index (χ0n) is 18.3. The van der Waals surface area contributed by atoms with Crippen molar-refractivity contribution in [2.75, 3.05) is 14.2 Å². The van der Waals surface area contributed by atoms with E-state index in [9.17, 15) is 0 Å². The Morgan fingerprint density at radius 2 is 1.12 bits per heavy atom. The van der Waals surface area contributed by atoms with Gasteiger partial charge < -0.3 is 21.9 Å². The minimum Gasteiger partial charge on any atom is -1.00 e. The minimum absolute atomic E-state index is 0. The average Bonchev–Trinajstić information content (AvgIpc) is 2.82. The van der Waals surface area contributed by atoms with E-state index < -0.39 is 0 Å². The molecule has 1 aromatic heterocycles. The normalized spacial score (nSPS) is 10.7. The summed E-state index contributed by atoms with van der Waals surface area (Å²) >= 11 is 0. The monoisotopic (exact) mass is 441 g/mol. The van der Waals surface area contributed by atoms with Gasteiger partial charge in [0.1, 0.15) is 11.5 Å². The number of aryl methyl sites for hydroxylation is 1. The number of hydrogen-bond acceptors (Lipinski definition) is 2. The van der Waals surface area contributed by atoms with Crippen molar-refractivity contribution in [1.29, 1.82) is 0 Å². The highest BCUT2D eigenvalue weighted by molar-refractivity contribution is 6.12. The molecular formula is C28H24ClNO2. The molecule has 0 fully saturated rings. The molecule has 0 N–H and O–H groups in total. The van der Waals surface area contributed by atoms with Crippen molar-refractivity contribution in [3.8, 4) is 28.3 Å². The summed E-state index contributed by atoms with van der Waals surface area (Å²) in [5.74, 6) is 1.68. The molecule has 5 aromatic rings. The largest absolute Gasteiger partial charge is 1.00 e. The van der Waals surface area contributed by atoms with E-state index >= 15 is 0 Å². The van der Waals surface area contributed by atoms with Crippen LogP contribution in [0.25, 0.3) is 38.6 Å². The third kappa shape index (κ3) is 3.35. The molecule has 0 aliphatic heterocycles. The SMILES string of the molecule is COc1cccc2c1c(-c1ccccc1C)c1c(OC)cccc1[n+]2-c1ccccc1.[Cl-]. The smallest absolute Gasteiger partial charge is 0.223 e. The number of nitrogens with zero attached hydrogens (tertiary/aromatic N) is 1. The summed E-state index contributed by atoms with van der Waals surface area (Å²) in [7, 11) is 3.46. The molecule has 0 saturated heterocycles. The molecule has 0 spiro atoms. The fourth-order valence-corrected chi connectivity index (χ4v) is 4.49. The van der Waals surface area contributed by atoms with Crippen LogP contribution in [0.4, 0.5) is 0 Å². The number of fused-ring (bicyclic) bond motifs is 2. The molecule has 0 saturated carbocycles. The lowest BCUT2D eigenvalue weighted by molar-refractivity contribution is -0.537. The molecule has 4 heteroatoms. The second-order valence-corrected chi connectivity index (χ2v) is 7.57. The first-order valence-corrected chi connectivity index (χ1v) is 10.4. The van der Waals surface area contributed by atoms with Crippen molar-refractivity contribution < 1.29 is 26.4 Å². The molecule has 5 rings (SSSR count). The molecule has 0 aliphatic carbocycles. The number of halogens is 1. The van der Waals surface area contributed by atoms with Crippen LogP contribution in [0.15, 0.2) is 91.0 Å². The van der Waals surface area contributed by atoms with Crippen molar-refractivity contribution in [2.45, 2.75) is 6.92 Å². The second-order valence-electron chi connectivity index (χ2n) is 7.57. The molecule has 0 unspecified atom stereocenters. The Labute approximate surface area is 194 Å². The molecule has 0 bridgehead atoms. The Kier molecular flexibility index (Phi) is 6.02. The number of para-hydroxylation sites is 1. The minimum atomic E-state index is 0. The Balaban J connectivity index is 0.00000245. The number of rotatable bonds is 4. The van der Waals surface area contributed by atoms with E-state index in [1.807, 2.05) is 30.3 Å². The number of benzene rings is 4. The van der Waals surface area contributed by atoms with Crippen molar-refractivity contribution in [3.05, 3.63) is 96.6 Å². The van der Waals surface area contributed by atoms with E-state index in [2.05, 4.69) is 72.2 Å². The summed E-state index contributed by atoms with van der Waals surface area (Å²) in [5, 5.41) is 2.14. The first-order valence-electron chi connectivity index (χ1n) is 10.4. The van der Waals surface area contributed by atoms with E-state index in [-0.39, 0.29) is 12.4 Å². The lowest BCUT2D eigenvalue weighted by Crippen LogP contribution is -3.00. The summed E-state index contributed by atoms with van der Waals surface area (Å²) in [6.07, 6.45) is 0. The molecule has 0 aliphatic rings. The van der Waals surface area contributed by atoms with Crippen LogP contribution in [0.2, 0.25) is 0 Å². The van der Waals surface area contributed by atoms with Gasteiger partial charge in [-0.2, -0.15) is 4.57 Å². The van der Waals surface area contributed by atoms with Crippen LogP contribution in [-0.4, -0.2) is 14.2 Å². The summed E-state index contributed by atoms with van der Waals surface area (Å²) in [6.45, 7) is 2.15. The van der Waals surface area contributed by atoms with Crippen molar-refractivity contribution in [1.82, 2.24) is 0 Å². The van der Waals surface area contributed by atoms with Gasteiger partial charge in [-0.1, -0.05) is 54.6 Å². The van der Waals surface area contributed by atoms with Gasteiger partial charge in [0.15, 0.2) is 0 Å². The van der Waals surface area contributed by atoms with E-state index in [1.165, 1.54) is 11.1 Å². The van der Waals surface area contributed by atoms with Crippen LogP contribution in [0.5, 0.6) is 11.5 Å². The van der Waals surface area contributed by atoms with Crippen molar-refractivity contribution >= 4 is 21.8 Å². The highest BCUT2D eigenvalue weighted by Gasteiger charge is 2.28. The molecule has 1 heterocycles. The Bertz CT molecular complexity index is 1350. The highest BCUT2D eigenvalue weighted by atomic mass is 35.5. The van der Waals surface area contributed by atoms with Gasteiger partial charge >= 0.3 is 0 Å². The molecule has 0 atom stereocenters. The lowest BCUT2D eigenvalue weighted by Gasteiger charge is -2.17. The lowest BCUT2D eigenvalue weighted by atomic mass is 9.91. The van der Waals surface area contributed by atoms with Gasteiger partial charge in [-0.25, -0.2) is 0 Å². The van der Waals surface area contributed by atoms with Crippen molar-refractivity contribution in [2.24, 2.45) is 0 Å². The Hall–Kier alpha value is -3.56. The Morgan fingerprint density at radius 3 is 1.66 bits per heavy atom. The van der Waals surface area contributed by atoms with Gasteiger partial charge in [-0.3, -0.25) is 0 Å². The van der Waals surface area contributed by atoms with Crippen LogP contribution >= 0.6 is 0 Å². The van der Waals surface area contributed by atoms with Crippen LogP contribution in [0.1, 0.15) is 5.56 Å². The first kappa shape index (κ1) is 21.7. The van der Waals surface area contributed by atoms with Gasteiger partial charge in [0.2, 0.25) is 16.7 Å². The van der Waals surface area contributed by atoms with E-state index in [4.69, 9.17) is 9.47 Å². The van der Waals surface area contributed by atoms with Crippen LogP contribution in [-0.2, 0) is 0 Å². The van der Waals surface area contributed by atoms with Crippen molar-refractivity contribution in [3.63, 3.8) is 0 Å². The molecule has 32 heavy (non-hydrogen) atoms. The van der Waals surface area contributed by atoms with Crippen LogP contribution in [0, 0.1) is 6.92 Å². The van der Waals surface area contributed by atoms with Crippen LogP contribution < -0.4 is 26.4 Å². The molecule has 3 nitrogen and oxygen atoms in total. The maximum absolute atomic E-state index is 5.89. The number of ether oxygens (including phenoxy) is 2. The fraction of sp³-hybridized carbons (Fsp3) is 0.107. The molecule has 0 amide bonds. The zero-order valence-corrected chi connectivity index (χ0v) is 19.1. The van der Waals surface area contributed by atoms with Gasteiger partial charge in [-0.05, 0) is 30.2 Å². The summed E-state index contributed by atoms with van der Waals surface area (Å²) in [5.41, 5.74) is 6.78. The van der Waals surface area contributed by atoms with Gasteiger partial charge in [-0.15, -0.1) is 0 Å². The van der Waals surface area contributed by atoms with E-state index in [0.717, 1.165) is 44.6 Å². The van der Waals surface area contributed by atoms with Gasteiger partial charge in [0.25, 0.3) is 0 Å². The molecule has 160 valence electrons. The average molecular weight is 442 g/mol. The standard InChI is InChI=1S/C28H24NO2.ClH/c1-19-11-7-8-14-21(19)26-27-22(15-9-17-24(27)30-2)29(20-12-5-4-6-13-20)23-16-10-18-25(31-3)28(23)26;/h4-18H,1-3H3;1H/q+1;/p-1. The van der Waals surface area contributed by atoms with Crippen LogP contribution in [0.3, 0.4) is 0 Å². The summed E-state index contributed by atoms with van der Waals surface area (Å²) in [4.78, 5) is 0. The van der Waals surface area contributed by atoms with Gasteiger partial charge in [0, 0.05) is 29.8 Å². The predicted molar refractivity (Wildman–Crippen MR) is 126 cm³/mol. The third-order valence-corrected chi connectivity index (χ3v) is 5.86. The Morgan fingerprint density at radius 1 is 0.594 bits per heavy atom. The zero-order chi connectivity index (χ0) is 21.4. The quantitative estimate of drug-likeness (QED) is 0.315. The predicted octanol–water partition coefficient (Wildman–Crippen LogP) is 3.27. The summed E-state index contributed by atoms with van der Waals surface area (Å²) < 4.78 is 14.1. The topological polar surface area (TPSA) is 22.3 Å². The molecule has 0 radical (unpaired) electrons. The van der Waals surface area contributed by atoms with E-state index in [1.54, 1.807) is 14.2 Å². The second kappa shape index (κ2) is 8.89. The first-order chi connectivity index (χ1) is 15.2. The number of hydrogen-bond donors (Lipinski definition) is 0. The van der Waals surface area contributed by atoms with Gasteiger partial charge in [0.05, 0.1) is 25.0 Å². The maximum Gasteiger partial charge on any atom is 0.223 e. The fourth-order valence-electron chi connectivity index (χ4n) is 4.49. The third-order valence-electron chi connectivity index (χ3n) is 5.86.